The molecule has 3 heterocycles. The summed E-state index contributed by atoms with van der Waals surface area (Å²) < 4.78 is 21.9. The standard InChI is InChI=1S/C20H23FN6O/c1-12-6-7-16(14(21)10-12)27-15-5-3-4-13(15)18(24-27)20-23-19(25-28-20)17-11-22-8-9-26(17)2/h6-7,10,17,22H,3-5,8-9,11H2,1-2H3. The van der Waals surface area contributed by atoms with E-state index in [9.17, 15) is 4.39 Å². The van der Waals surface area contributed by atoms with E-state index in [0.29, 0.717) is 23.1 Å². The van der Waals surface area contributed by atoms with Gasteiger partial charge in [-0.1, -0.05) is 11.2 Å². The molecule has 1 fully saturated rings. The van der Waals surface area contributed by atoms with Crippen LogP contribution in [0.3, 0.4) is 0 Å². The van der Waals surface area contributed by atoms with E-state index in [-0.39, 0.29) is 11.9 Å². The average Bonchev–Trinajstić information content (AvgIpc) is 3.39. The van der Waals surface area contributed by atoms with Crippen molar-refractivity contribution in [1.29, 1.82) is 0 Å². The van der Waals surface area contributed by atoms with Gasteiger partial charge in [0.25, 0.3) is 5.89 Å². The molecule has 146 valence electrons. The van der Waals surface area contributed by atoms with Crippen molar-refractivity contribution in [2.24, 2.45) is 0 Å². The quantitative estimate of drug-likeness (QED) is 0.750. The van der Waals surface area contributed by atoms with E-state index in [1.807, 2.05) is 13.0 Å². The van der Waals surface area contributed by atoms with Gasteiger partial charge in [-0.05, 0) is 50.9 Å². The van der Waals surface area contributed by atoms with E-state index in [1.54, 1.807) is 10.7 Å². The predicted octanol–water partition coefficient (Wildman–Crippen LogP) is 2.43. The molecular weight excluding hydrogens is 359 g/mol. The van der Waals surface area contributed by atoms with Crippen LogP contribution in [0.2, 0.25) is 0 Å². The fourth-order valence-electron chi connectivity index (χ4n) is 4.15. The molecule has 1 aliphatic heterocycles. The normalized spacial score (nSPS) is 19.9. The van der Waals surface area contributed by atoms with E-state index in [0.717, 1.165) is 55.7 Å². The smallest absolute Gasteiger partial charge is 0.278 e. The fourth-order valence-corrected chi connectivity index (χ4v) is 4.15. The topological polar surface area (TPSA) is 72.0 Å². The highest BCUT2D eigenvalue weighted by atomic mass is 19.1. The van der Waals surface area contributed by atoms with E-state index >= 15 is 0 Å². The fraction of sp³-hybridized carbons (Fsp3) is 0.450. The summed E-state index contributed by atoms with van der Waals surface area (Å²) >= 11 is 0. The zero-order chi connectivity index (χ0) is 19.3. The average molecular weight is 382 g/mol. The van der Waals surface area contributed by atoms with Gasteiger partial charge in [0, 0.05) is 30.9 Å². The lowest BCUT2D eigenvalue weighted by atomic mass is 10.2. The van der Waals surface area contributed by atoms with Crippen molar-refractivity contribution < 1.29 is 8.91 Å². The summed E-state index contributed by atoms with van der Waals surface area (Å²) in [5.74, 6) is 0.802. The summed E-state index contributed by atoms with van der Waals surface area (Å²) in [6.07, 6.45) is 2.77. The van der Waals surface area contributed by atoms with Crippen LogP contribution in [0.25, 0.3) is 17.3 Å². The summed E-state index contributed by atoms with van der Waals surface area (Å²) in [7, 11) is 2.06. The molecule has 0 bridgehead atoms. The van der Waals surface area contributed by atoms with E-state index in [2.05, 4.69) is 27.4 Å². The van der Waals surface area contributed by atoms with Crippen LogP contribution in [0.15, 0.2) is 22.7 Å². The van der Waals surface area contributed by atoms with Gasteiger partial charge in [0.15, 0.2) is 11.5 Å². The van der Waals surface area contributed by atoms with Crippen LogP contribution >= 0.6 is 0 Å². The molecule has 2 aromatic heterocycles. The number of aryl methyl sites for hydroxylation is 1. The number of nitrogens with one attached hydrogen (secondary N) is 1. The molecule has 3 aromatic rings. The lowest BCUT2D eigenvalue weighted by Crippen LogP contribution is -2.44. The highest BCUT2D eigenvalue weighted by molar-refractivity contribution is 5.58. The third-order valence-electron chi connectivity index (χ3n) is 5.71. The molecule has 1 aliphatic carbocycles. The SMILES string of the molecule is Cc1ccc(-n2nc(-c3nc(C4CNCCN4C)no3)c3c2CCC3)c(F)c1. The number of fused-ring (bicyclic) bond motifs is 1. The number of rotatable bonds is 3. The number of nitrogens with zero attached hydrogens (tertiary/aromatic N) is 5. The van der Waals surface area contributed by atoms with Crippen molar-refractivity contribution in [3.05, 3.63) is 46.7 Å². The van der Waals surface area contributed by atoms with Gasteiger partial charge >= 0.3 is 0 Å². The number of aromatic nitrogens is 4. The van der Waals surface area contributed by atoms with Gasteiger partial charge in [-0.3, -0.25) is 4.90 Å². The van der Waals surface area contributed by atoms with Gasteiger partial charge in [0.2, 0.25) is 0 Å². The monoisotopic (exact) mass is 382 g/mol. The lowest BCUT2D eigenvalue weighted by Gasteiger charge is -2.30. The maximum Gasteiger partial charge on any atom is 0.278 e. The Morgan fingerprint density at radius 2 is 2.18 bits per heavy atom. The van der Waals surface area contributed by atoms with Crippen molar-refractivity contribution in [1.82, 2.24) is 30.1 Å². The van der Waals surface area contributed by atoms with Crippen LogP contribution in [0.5, 0.6) is 0 Å². The molecule has 2 aliphatic rings. The number of piperazine rings is 1. The molecule has 28 heavy (non-hydrogen) atoms. The van der Waals surface area contributed by atoms with E-state index < -0.39 is 0 Å². The Labute approximate surface area is 162 Å². The molecule has 5 rings (SSSR count). The maximum atomic E-state index is 14.6. The molecule has 0 saturated carbocycles. The summed E-state index contributed by atoms with van der Waals surface area (Å²) in [5, 5.41) is 12.3. The minimum Gasteiger partial charge on any atom is -0.332 e. The number of halogens is 1. The van der Waals surface area contributed by atoms with Crippen LogP contribution in [-0.2, 0) is 12.8 Å². The largest absolute Gasteiger partial charge is 0.332 e. The highest BCUT2D eigenvalue weighted by Crippen LogP contribution is 2.34. The van der Waals surface area contributed by atoms with E-state index in [4.69, 9.17) is 9.62 Å². The molecule has 1 saturated heterocycles. The maximum absolute atomic E-state index is 14.6. The van der Waals surface area contributed by atoms with Crippen molar-refractivity contribution in [2.45, 2.75) is 32.2 Å². The van der Waals surface area contributed by atoms with Crippen molar-refractivity contribution >= 4 is 0 Å². The first-order valence-corrected chi connectivity index (χ1v) is 9.74. The highest BCUT2D eigenvalue weighted by Gasteiger charge is 2.30. The molecular formula is C20H23FN6O. The first-order chi connectivity index (χ1) is 13.6. The van der Waals surface area contributed by atoms with Gasteiger partial charge in [-0.2, -0.15) is 10.1 Å². The minimum atomic E-state index is -0.273. The number of hydrogen-bond donors (Lipinski definition) is 1. The van der Waals surface area contributed by atoms with Gasteiger partial charge in [-0.15, -0.1) is 0 Å². The Bertz CT molecular complexity index is 1030. The zero-order valence-corrected chi connectivity index (χ0v) is 16.1. The Balaban J connectivity index is 1.55. The van der Waals surface area contributed by atoms with Gasteiger partial charge < -0.3 is 9.84 Å². The van der Waals surface area contributed by atoms with Crippen LogP contribution in [0, 0.1) is 12.7 Å². The molecule has 8 heteroatoms. The summed E-state index contributed by atoms with van der Waals surface area (Å²) in [6.45, 7) is 4.56. The summed E-state index contributed by atoms with van der Waals surface area (Å²) in [6, 6.07) is 5.30. The summed E-state index contributed by atoms with van der Waals surface area (Å²) in [5.41, 5.74) is 4.15. The molecule has 1 aromatic carbocycles. The van der Waals surface area contributed by atoms with Crippen molar-refractivity contribution in [2.75, 3.05) is 26.7 Å². The van der Waals surface area contributed by atoms with Gasteiger partial charge in [-0.25, -0.2) is 9.07 Å². The second-order valence-electron chi connectivity index (χ2n) is 7.65. The molecule has 1 N–H and O–H groups in total. The van der Waals surface area contributed by atoms with Crippen LogP contribution in [0.4, 0.5) is 4.39 Å². The first kappa shape index (κ1) is 17.5. The molecule has 1 atom stereocenters. The second kappa shape index (κ2) is 6.79. The number of benzene rings is 1. The molecule has 7 nitrogen and oxygen atoms in total. The zero-order valence-electron chi connectivity index (χ0n) is 16.1. The van der Waals surface area contributed by atoms with E-state index in [1.165, 1.54) is 6.07 Å². The Morgan fingerprint density at radius 1 is 1.29 bits per heavy atom. The van der Waals surface area contributed by atoms with Crippen molar-refractivity contribution in [3.63, 3.8) is 0 Å². The third-order valence-corrected chi connectivity index (χ3v) is 5.71. The molecule has 0 spiro atoms. The minimum absolute atomic E-state index is 0.0796. The Kier molecular flexibility index (Phi) is 4.25. The van der Waals surface area contributed by atoms with Crippen LogP contribution in [0.1, 0.15) is 35.1 Å². The van der Waals surface area contributed by atoms with Crippen molar-refractivity contribution in [3.8, 4) is 17.3 Å². The third kappa shape index (κ3) is 2.84. The number of likely N-dealkylation sites (N-methyl/N-ethyl adjacent to an activating group) is 1. The van der Waals surface area contributed by atoms with Crippen LogP contribution in [-0.4, -0.2) is 51.5 Å². The van der Waals surface area contributed by atoms with Gasteiger partial charge in [0.05, 0.1) is 6.04 Å². The predicted molar refractivity (Wildman–Crippen MR) is 102 cm³/mol. The summed E-state index contributed by atoms with van der Waals surface area (Å²) in [4.78, 5) is 6.86. The van der Waals surface area contributed by atoms with Crippen LogP contribution < -0.4 is 5.32 Å². The Morgan fingerprint density at radius 3 is 3.00 bits per heavy atom. The Hall–Kier alpha value is -2.58. The lowest BCUT2D eigenvalue weighted by molar-refractivity contribution is 0.190. The molecule has 0 amide bonds. The first-order valence-electron chi connectivity index (χ1n) is 9.74. The van der Waals surface area contributed by atoms with Gasteiger partial charge in [0.1, 0.15) is 11.5 Å². The number of hydrogen-bond acceptors (Lipinski definition) is 6. The molecule has 0 radical (unpaired) electrons. The second-order valence-corrected chi connectivity index (χ2v) is 7.65. The molecule has 1 unspecified atom stereocenters.